The monoisotopic (exact) mass is 372 g/mol. The molecule has 1 atom stereocenters. The molecule has 1 spiro atoms. The zero-order valence-corrected chi connectivity index (χ0v) is 14.9. The van der Waals surface area contributed by atoms with Crippen molar-refractivity contribution in [3.63, 3.8) is 0 Å². The number of benzene rings is 1. The highest BCUT2D eigenvalue weighted by Gasteiger charge is 2.53. The Kier molecular flexibility index (Phi) is 4.63. The van der Waals surface area contributed by atoms with E-state index in [1.54, 1.807) is 0 Å². The van der Waals surface area contributed by atoms with Crippen LogP contribution in [0.3, 0.4) is 0 Å². The molecule has 0 aromatic heterocycles. The van der Waals surface area contributed by atoms with E-state index in [1.807, 2.05) is 11.8 Å². The molecule has 1 N–H and O–H groups in total. The lowest BCUT2D eigenvalue weighted by Crippen LogP contribution is -2.61. The highest BCUT2D eigenvalue weighted by molar-refractivity contribution is 7.83. The highest BCUT2D eigenvalue weighted by Crippen LogP contribution is 2.49. The van der Waals surface area contributed by atoms with Crippen molar-refractivity contribution in [3.05, 3.63) is 47.7 Å². The van der Waals surface area contributed by atoms with Crippen LogP contribution < -0.4 is 0 Å². The Labute approximate surface area is 146 Å². The lowest BCUT2D eigenvalue weighted by molar-refractivity contribution is 0.0646. The summed E-state index contributed by atoms with van der Waals surface area (Å²) < 4.78 is 62.4. The van der Waals surface area contributed by atoms with Crippen molar-refractivity contribution < 1.29 is 21.8 Å². The molecule has 138 valence electrons. The Bertz CT molecular complexity index is 771. The largest absolute Gasteiger partial charge is 0.366 e. The van der Waals surface area contributed by atoms with Gasteiger partial charge in [0.25, 0.3) is 0 Å². The van der Waals surface area contributed by atoms with Crippen LogP contribution in [0, 0.1) is 11.6 Å². The summed E-state index contributed by atoms with van der Waals surface area (Å²) in [5.41, 5.74) is 0.0411. The maximum Gasteiger partial charge on any atom is 0.336 e. The molecule has 25 heavy (non-hydrogen) atoms. The number of piperazine rings is 1. The minimum atomic E-state index is -4.49. The Morgan fingerprint density at radius 1 is 1.24 bits per heavy atom. The molecule has 2 aliphatic rings. The summed E-state index contributed by atoms with van der Waals surface area (Å²) in [5.74, 6) is -1.45. The van der Waals surface area contributed by atoms with Gasteiger partial charge in [-0.2, -0.15) is 12.7 Å². The minimum absolute atomic E-state index is 0.0748. The van der Waals surface area contributed by atoms with Crippen molar-refractivity contribution in [3.8, 4) is 0 Å². The summed E-state index contributed by atoms with van der Waals surface area (Å²) in [5, 5.41) is 0. The van der Waals surface area contributed by atoms with E-state index in [0.29, 0.717) is 30.6 Å². The number of hydrogen-bond donors (Lipinski definition) is 1. The topological polar surface area (TPSA) is 60.9 Å². The predicted octanol–water partition coefficient (Wildman–Crippen LogP) is 3.27. The number of rotatable bonds is 3. The Morgan fingerprint density at radius 2 is 1.80 bits per heavy atom. The standard InChI is InChI=1S/C17H22F2N2O3S/c1-3-20-12(2)17(6-4-5-7-17)21(25(22,23)24)11-16(20)13-8-14(18)10-15(19)9-13/h8-10,16H,2-7,11H2,1H3,(H,22,23,24). The van der Waals surface area contributed by atoms with E-state index in [-0.39, 0.29) is 6.54 Å². The average molecular weight is 372 g/mol. The molecule has 3 rings (SSSR count). The van der Waals surface area contributed by atoms with Crippen molar-refractivity contribution in [2.24, 2.45) is 0 Å². The van der Waals surface area contributed by atoms with Crippen LogP contribution in [0.25, 0.3) is 0 Å². The molecule has 1 aliphatic heterocycles. The molecule has 1 heterocycles. The predicted molar refractivity (Wildman–Crippen MR) is 90.1 cm³/mol. The van der Waals surface area contributed by atoms with Crippen molar-refractivity contribution in [1.82, 2.24) is 9.21 Å². The molecule has 5 nitrogen and oxygen atoms in total. The van der Waals surface area contributed by atoms with Gasteiger partial charge in [-0.25, -0.2) is 8.78 Å². The smallest absolute Gasteiger partial charge is 0.336 e. The zero-order valence-electron chi connectivity index (χ0n) is 14.1. The van der Waals surface area contributed by atoms with E-state index in [2.05, 4.69) is 6.58 Å². The lowest BCUT2D eigenvalue weighted by atomic mass is 9.87. The summed E-state index contributed by atoms with van der Waals surface area (Å²) in [7, 11) is -4.49. The summed E-state index contributed by atoms with van der Waals surface area (Å²) in [6, 6.07) is 2.55. The third-order valence-electron chi connectivity index (χ3n) is 5.40. The van der Waals surface area contributed by atoms with Gasteiger partial charge in [-0.1, -0.05) is 19.4 Å². The molecule has 8 heteroatoms. The molecule has 2 fully saturated rings. The molecular weight excluding hydrogens is 350 g/mol. The zero-order chi connectivity index (χ0) is 18.4. The molecule has 0 amide bonds. The Balaban J connectivity index is 2.10. The van der Waals surface area contributed by atoms with Crippen LogP contribution in [-0.2, 0) is 10.3 Å². The van der Waals surface area contributed by atoms with Gasteiger partial charge in [0, 0.05) is 24.9 Å². The second-order valence-corrected chi connectivity index (χ2v) is 8.04. The van der Waals surface area contributed by atoms with E-state index in [4.69, 9.17) is 0 Å². The number of likely N-dealkylation sites (N-methyl/N-ethyl adjacent to an activating group) is 1. The maximum absolute atomic E-state index is 13.7. The minimum Gasteiger partial charge on any atom is -0.366 e. The van der Waals surface area contributed by atoms with Crippen LogP contribution in [0.5, 0.6) is 0 Å². The molecule has 1 unspecified atom stereocenters. The Hall–Kier alpha value is -1.51. The van der Waals surface area contributed by atoms with Crippen molar-refractivity contribution >= 4 is 10.3 Å². The Morgan fingerprint density at radius 3 is 2.28 bits per heavy atom. The van der Waals surface area contributed by atoms with Crippen LogP contribution in [0.1, 0.15) is 44.2 Å². The van der Waals surface area contributed by atoms with Crippen LogP contribution in [-0.4, -0.2) is 40.8 Å². The highest BCUT2D eigenvalue weighted by atomic mass is 32.2. The van der Waals surface area contributed by atoms with Gasteiger partial charge in [0.05, 0.1) is 11.6 Å². The molecule has 1 aromatic rings. The van der Waals surface area contributed by atoms with Gasteiger partial charge in [0.1, 0.15) is 11.6 Å². The van der Waals surface area contributed by atoms with Gasteiger partial charge >= 0.3 is 10.3 Å². The number of nitrogens with zero attached hydrogens (tertiary/aromatic N) is 2. The first-order chi connectivity index (χ1) is 11.7. The molecule has 0 radical (unpaired) electrons. The second kappa shape index (κ2) is 6.34. The van der Waals surface area contributed by atoms with E-state index >= 15 is 0 Å². The number of halogens is 2. The third-order valence-corrected chi connectivity index (χ3v) is 6.45. The first-order valence-electron chi connectivity index (χ1n) is 8.36. The normalized spacial score (nSPS) is 24.2. The fourth-order valence-electron chi connectivity index (χ4n) is 4.31. The first-order valence-corrected chi connectivity index (χ1v) is 9.76. The third kappa shape index (κ3) is 3.07. The molecule has 0 bridgehead atoms. The van der Waals surface area contributed by atoms with Crippen molar-refractivity contribution in [2.45, 2.75) is 44.2 Å². The summed E-state index contributed by atoms with van der Waals surface area (Å²) in [6.45, 7) is 6.44. The summed E-state index contributed by atoms with van der Waals surface area (Å²) >= 11 is 0. The van der Waals surface area contributed by atoms with Crippen LogP contribution >= 0.6 is 0 Å². The average Bonchev–Trinajstić information content (AvgIpc) is 2.97. The van der Waals surface area contributed by atoms with Crippen LogP contribution in [0.15, 0.2) is 30.5 Å². The molecule has 1 saturated heterocycles. The van der Waals surface area contributed by atoms with E-state index in [0.717, 1.165) is 23.2 Å². The van der Waals surface area contributed by atoms with Gasteiger partial charge in [-0.3, -0.25) is 4.55 Å². The van der Waals surface area contributed by atoms with Gasteiger partial charge < -0.3 is 4.90 Å². The molecular formula is C17H22F2N2O3S. The fraction of sp³-hybridized carbons (Fsp3) is 0.529. The van der Waals surface area contributed by atoms with E-state index in [9.17, 15) is 21.8 Å². The van der Waals surface area contributed by atoms with E-state index in [1.165, 1.54) is 12.1 Å². The quantitative estimate of drug-likeness (QED) is 0.828. The van der Waals surface area contributed by atoms with Gasteiger partial charge in [-0.05, 0) is 37.5 Å². The van der Waals surface area contributed by atoms with Gasteiger partial charge in [-0.15, -0.1) is 0 Å². The fourth-order valence-corrected chi connectivity index (χ4v) is 5.37. The van der Waals surface area contributed by atoms with Gasteiger partial charge in [0.2, 0.25) is 0 Å². The van der Waals surface area contributed by atoms with Crippen molar-refractivity contribution in [1.29, 1.82) is 0 Å². The van der Waals surface area contributed by atoms with Crippen molar-refractivity contribution in [2.75, 3.05) is 13.1 Å². The van der Waals surface area contributed by atoms with Crippen LogP contribution in [0.2, 0.25) is 0 Å². The molecule has 1 saturated carbocycles. The maximum atomic E-state index is 13.7. The summed E-state index contributed by atoms with van der Waals surface area (Å²) in [6.07, 6.45) is 2.82. The van der Waals surface area contributed by atoms with Crippen LogP contribution in [0.4, 0.5) is 8.78 Å². The summed E-state index contributed by atoms with van der Waals surface area (Å²) in [4.78, 5) is 1.89. The molecule has 1 aromatic carbocycles. The second-order valence-electron chi connectivity index (χ2n) is 6.70. The molecule has 1 aliphatic carbocycles. The van der Waals surface area contributed by atoms with Gasteiger partial charge in [0.15, 0.2) is 0 Å². The lowest BCUT2D eigenvalue weighted by Gasteiger charge is -2.53. The SMILES string of the molecule is C=C1N(CC)C(c2cc(F)cc(F)c2)CN(S(=O)(=O)O)C12CCCC2. The number of hydrogen-bond acceptors (Lipinski definition) is 3. The van der Waals surface area contributed by atoms with E-state index < -0.39 is 33.5 Å². The first kappa shape index (κ1) is 18.3.